The van der Waals surface area contributed by atoms with Gasteiger partial charge in [-0.3, -0.25) is 28.0 Å². The number of nitrogens with one attached hydrogen (secondary N) is 1. The van der Waals surface area contributed by atoms with Gasteiger partial charge >= 0.3 is 13.4 Å². The Bertz CT molecular complexity index is 1950. The number of imidazole rings is 2. The Morgan fingerprint density at radius 3 is 2.24 bits per heavy atom. The molecule has 2 bridgehead atoms. The number of fused-ring (bicyclic) bond motifs is 5. The van der Waals surface area contributed by atoms with Gasteiger partial charge in [-0.1, -0.05) is 0 Å². The molecule has 45 heavy (non-hydrogen) atoms. The maximum absolute atomic E-state index is 16.0. The molecular formula is C21H23F2N9O9P2S2. The number of nitrogens with two attached hydrogens (primary N) is 2. The number of alkyl halides is 2. The van der Waals surface area contributed by atoms with Gasteiger partial charge in [0.1, 0.15) is 29.9 Å². The highest BCUT2D eigenvalue weighted by atomic mass is 32.5. The third kappa shape index (κ3) is 5.57. The second-order valence-corrected chi connectivity index (χ2v) is 15.8. The first-order chi connectivity index (χ1) is 21.3. The molecule has 3 fully saturated rings. The highest BCUT2D eigenvalue weighted by Crippen LogP contribution is 2.54. The fourth-order valence-corrected chi connectivity index (χ4v) is 8.16. The summed E-state index contributed by atoms with van der Waals surface area (Å²) in [7, 11) is 0. The van der Waals surface area contributed by atoms with Crippen molar-refractivity contribution in [1.29, 1.82) is 0 Å². The molecule has 0 aromatic carbocycles. The topological polar surface area (TPSA) is 242 Å². The van der Waals surface area contributed by atoms with Crippen LogP contribution in [0.3, 0.4) is 0 Å². The van der Waals surface area contributed by atoms with E-state index in [4.69, 9.17) is 62.6 Å². The lowest BCUT2D eigenvalue weighted by Gasteiger charge is -2.27. The second-order valence-electron chi connectivity index (χ2n) is 10.2. The lowest BCUT2D eigenvalue weighted by atomic mass is 10.1. The quantitative estimate of drug-likeness (QED) is 0.177. The zero-order chi connectivity index (χ0) is 31.8. The number of pyridine rings is 1. The molecule has 4 aromatic rings. The Balaban J connectivity index is 1.21. The zero-order valence-electron chi connectivity index (χ0n) is 22.4. The molecule has 3 aliphatic heterocycles. The first-order valence-corrected chi connectivity index (χ1v) is 18.2. The number of aromatic amines is 1. The predicted molar refractivity (Wildman–Crippen MR) is 157 cm³/mol. The van der Waals surface area contributed by atoms with Crippen molar-refractivity contribution in [3.63, 3.8) is 0 Å². The number of hydrogen-bond donors (Lipinski definition) is 5. The maximum Gasteiger partial charge on any atom is 0.325 e. The van der Waals surface area contributed by atoms with Crippen LogP contribution in [0.2, 0.25) is 0 Å². The van der Waals surface area contributed by atoms with Crippen molar-refractivity contribution < 1.29 is 46.1 Å². The number of nitrogen functional groups attached to an aromatic ring is 2. The Morgan fingerprint density at radius 2 is 1.51 bits per heavy atom. The molecule has 24 heteroatoms. The van der Waals surface area contributed by atoms with Crippen molar-refractivity contribution in [2.75, 3.05) is 24.7 Å². The van der Waals surface area contributed by atoms with Gasteiger partial charge in [-0.2, -0.15) is 4.98 Å². The first-order valence-electron chi connectivity index (χ1n) is 13.0. The van der Waals surface area contributed by atoms with Crippen LogP contribution in [-0.2, 0) is 51.2 Å². The lowest BCUT2D eigenvalue weighted by molar-refractivity contribution is -0.0599. The number of anilines is 2. The van der Waals surface area contributed by atoms with Gasteiger partial charge < -0.3 is 39.8 Å². The van der Waals surface area contributed by atoms with Gasteiger partial charge in [-0.25, -0.2) is 23.7 Å². The van der Waals surface area contributed by atoms with E-state index in [1.165, 1.54) is 23.2 Å². The van der Waals surface area contributed by atoms with E-state index in [0.717, 1.165) is 10.9 Å². The number of hydrogen-bond acceptors (Lipinski definition) is 15. The molecule has 18 nitrogen and oxygen atoms in total. The van der Waals surface area contributed by atoms with Crippen molar-refractivity contribution in [3.8, 4) is 0 Å². The van der Waals surface area contributed by atoms with Gasteiger partial charge in [-0.05, 0) is 29.7 Å². The summed E-state index contributed by atoms with van der Waals surface area (Å²) in [5.74, 6) is -0.254. The monoisotopic (exact) mass is 709 g/mol. The standard InChI is InChI=1S/C21H23F2N9O9P2S2/c22-10-8-3-36-42(34,44)40-14-9(39-19(11(14)23)31-5-27-12-7(24)1-2-26-16(12)31)4-37-43(35,45)41-15(10)20(38-8)32-6-28-13-17(32)29-21(25)30-18(13)33/h1-2,5-6,8-11,14-15,19-20H,3-4H2,(H2,24,26)(H,34,44)(H,35,45)(H3,25,29,30,33)/t8-,9?,10-,11+,14-,15-,19-,20-,42?,43?/m1/s1. The Kier molecular flexibility index (Phi) is 7.78. The van der Waals surface area contributed by atoms with E-state index in [9.17, 15) is 14.6 Å². The molecule has 7 heterocycles. The molecule has 7 rings (SSSR count). The summed E-state index contributed by atoms with van der Waals surface area (Å²) in [5.41, 5.74) is 11.5. The van der Waals surface area contributed by atoms with E-state index in [1.54, 1.807) is 0 Å². The Morgan fingerprint density at radius 1 is 0.889 bits per heavy atom. The van der Waals surface area contributed by atoms with Gasteiger partial charge in [0, 0.05) is 6.20 Å². The summed E-state index contributed by atoms with van der Waals surface area (Å²) >= 11 is 10.3. The Hall–Kier alpha value is -2.59. The molecule has 0 aliphatic carbocycles. The third-order valence-corrected chi connectivity index (χ3v) is 10.5. The summed E-state index contributed by atoms with van der Waals surface area (Å²) in [5, 5.41) is 0. The fraction of sp³-hybridized carbons (Fsp3) is 0.476. The van der Waals surface area contributed by atoms with Crippen LogP contribution < -0.4 is 17.0 Å². The molecule has 10 atom stereocenters. The third-order valence-electron chi connectivity index (χ3n) is 7.34. The van der Waals surface area contributed by atoms with Crippen LogP contribution in [0.4, 0.5) is 20.4 Å². The van der Waals surface area contributed by atoms with Crippen LogP contribution in [0.25, 0.3) is 22.3 Å². The van der Waals surface area contributed by atoms with Gasteiger partial charge in [0.25, 0.3) is 5.56 Å². The van der Waals surface area contributed by atoms with Crippen molar-refractivity contribution in [2.24, 2.45) is 0 Å². The molecule has 0 saturated carbocycles. The van der Waals surface area contributed by atoms with E-state index in [2.05, 4.69) is 24.9 Å². The smallest absolute Gasteiger partial charge is 0.325 e. The Labute approximate surface area is 260 Å². The van der Waals surface area contributed by atoms with Crippen molar-refractivity contribution in [2.45, 2.75) is 49.2 Å². The van der Waals surface area contributed by atoms with E-state index in [0.29, 0.717) is 11.2 Å². The molecule has 3 saturated heterocycles. The molecule has 0 radical (unpaired) electrons. The number of halogens is 2. The van der Waals surface area contributed by atoms with Crippen LogP contribution in [-0.4, -0.2) is 93.8 Å². The fourth-order valence-electron chi connectivity index (χ4n) is 5.32. The highest BCUT2D eigenvalue weighted by molar-refractivity contribution is 8.07. The van der Waals surface area contributed by atoms with E-state index in [-0.39, 0.29) is 22.8 Å². The van der Waals surface area contributed by atoms with E-state index in [1.807, 2.05) is 0 Å². The number of ether oxygens (including phenoxy) is 2. The minimum atomic E-state index is -4.34. The van der Waals surface area contributed by atoms with Gasteiger partial charge in [-0.15, -0.1) is 0 Å². The SMILES string of the molecule is Nc1nc2c(ncn2[C@@H]2O[C@@H]3COP(O)(=S)O[C@@H]4C(COP(O)(=S)O[C@@H]2[C@@H]3F)O[C@@H](n2cnc3c(N)ccnc32)[C@H]4F)c(=O)[nH]1. The zero-order valence-corrected chi connectivity index (χ0v) is 25.8. The van der Waals surface area contributed by atoms with Crippen molar-refractivity contribution >= 4 is 71.0 Å². The van der Waals surface area contributed by atoms with Gasteiger partial charge in [0.15, 0.2) is 41.6 Å². The van der Waals surface area contributed by atoms with Gasteiger partial charge in [0.05, 0.1) is 31.6 Å². The number of H-pyrrole nitrogens is 1. The number of aromatic nitrogens is 7. The van der Waals surface area contributed by atoms with Crippen LogP contribution in [0, 0.1) is 0 Å². The molecule has 7 N–H and O–H groups in total. The first kappa shape index (κ1) is 31.0. The summed E-state index contributed by atoms with van der Waals surface area (Å²) < 4.78 is 68.0. The summed E-state index contributed by atoms with van der Waals surface area (Å²) in [6.07, 6.45) is -9.25. The predicted octanol–water partition coefficient (Wildman–Crippen LogP) is 0.451. The normalized spacial score (nSPS) is 37.7. The van der Waals surface area contributed by atoms with Crippen LogP contribution in [0.15, 0.2) is 29.7 Å². The second kappa shape index (κ2) is 11.3. The molecule has 242 valence electrons. The minimum Gasteiger partial charge on any atom is -0.397 e. The lowest BCUT2D eigenvalue weighted by Crippen LogP contribution is -2.34. The number of nitrogens with zero attached hydrogens (tertiary/aromatic N) is 6. The minimum absolute atomic E-state index is 0.0852. The molecule has 0 spiro atoms. The molecule has 4 aromatic heterocycles. The average molecular weight is 710 g/mol. The summed E-state index contributed by atoms with van der Waals surface area (Å²) in [6.45, 7) is -9.99. The highest BCUT2D eigenvalue weighted by Gasteiger charge is 2.53. The van der Waals surface area contributed by atoms with Crippen LogP contribution >= 0.6 is 13.4 Å². The van der Waals surface area contributed by atoms with Crippen LogP contribution in [0.5, 0.6) is 0 Å². The average Bonchev–Trinajstić information content (AvgIpc) is 3.72. The van der Waals surface area contributed by atoms with Crippen molar-refractivity contribution in [1.82, 2.24) is 34.1 Å². The maximum atomic E-state index is 16.0. The van der Waals surface area contributed by atoms with E-state index >= 15 is 8.78 Å². The summed E-state index contributed by atoms with van der Waals surface area (Å²) in [4.78, 5) is 52.9. The molecular weight excluding hydrogens is 686 g/mol. The van der Waals surface area contributed by atoms with Crippen LogP contribution in [0.1, 0.15) is 12.5 Å². The van der Waals surface area contributed by atoms with Gasteiger partial charge in [0.2, 0.25) is 5.95 Å². The molecule has 3 aliphatic rings. The van der Waals surface area contributed by atoms with E-state index < -0.39 is 81.4 Å². The number of rotatable bonds is 2. The molecule has 0 amide bonds. The largest absolute Gasteiger partial charge is 0.397 e. The van der Waals surface area contributed by atoms with Crippen molar-refractivity contribution in [3.05, 3.63) is 35.3 Å². The summed E-state index contributed by atoms with van der Waals surface area (Å²) in [6, 6.07) is 1.52. The molecule has 3 unspecified atom stereocenters.